The zero-order chi connectivity index (χ0) is 26.7. The number of carbonyl (C=O) groups is 1. The van der Waals surface area contributed by atoms with E-state index in [0.717, 1.165) is 22.6 Å². The van der Waals surface area contributed by atoms with Crippen molar-refractivity contribution in [2.24, 2.45) is 5.10 Å². The molecule has 9 nitrogen and oxygen atoms in total. The number of hydrazone groups is 1. The van der Waals surface area contributed by atoms with Crippen LogP contribution in [0.4, 0.5) is 0 Å². The normalized spacial score (nSPS) is 11.1. The van der Waals surface area contributed by atoms with E-state index in [0.29, 0.717) is 22.5 Å². The molecule has 38 heavy (non-hydrogen) atoms. The van der Waals surface area contributed by atoms with Gasteiger partial charge in [0, 0.05) is 23.0 Å². The third-order valence-corrected chi connectivity index (χ3v) is 6.32. The number of para-hydroxylation sites is 2. The number of hydrogen-bond donors (Lipinski definition) is 1. The first-order chi connectivity index (χ1) is 18.6. The van der Waals surface area contributed by atoms with Crippen molar-refractivity contribution in [3.05, 3.63) is 84.4 Å². The molecule has 0 fully saturated rings. The molecule has 4 aromatic rings. The number of aromatic nitrogens is 3. The van der Waals surface area contributed by atoms with Gasteiger partial charge in [0.25, 0.3) is 5.91 Å². The summed E-state index contributed by atoms with van der Waals surface area (Å²) in [6, 6.07) is 22.9. The maximum absolute atomic E-state index is 12.5. The number of allylic oxidation sites excluding steroid dienone is 1. The molecule has 0 spiro atoms. The van der Waals surface area contributed by atoms with Gasteiger partial charge in [0.2, 0.25) is 0 Å². The molecule has 1 aromatic heterocycles. The van der Waals surface area contributed by atoms with Gasteiger partial charge in [-0.25, -0.2) is 5.43 Å². The lowest BCUT2D eigenvalue weighted by Gasteiger charge is -2.12. The second-order valence-electron chi connectivity index (χ2n) is 7.75. The van der Waals surface area contributed by atoms with Gasteiger partial charge < -0.3 is 14.2 Å². The minimum absolute atomic E-state index is 0.102. The van der Waals surface area contributed by atoms with Crippen molar-refractivity contribution in [2.75, 3.05) is 27.1 Å². The Kier molecular flexibility index (Phi) is 9.14. The summed E-state index contributed by atoms with van der Waals surface area (Å²) in [7, 11) is 4.79. The Balaban J connectivity index is 1.47. The summed E-state index contributed by atoms with van der Waals surface area (Å²) in [4.78, 5) is 12.5. The molecule has 10 heteroatoms. The number of amides is 1. The first-order valence-corrected chi connectivity index (χ1v) is 12.6. The van der Waals surface area contributed by atoms with Gasteiger partial charge in [0.05, 0.1) is 27.1 Å². The molecule has 1 N–H and O–H groups in total. The molecule has 0 bridgehead atoms. The highest BCUT2D eigenvalue weighted by Gasteiger charge is 2.18. The van der Waals surface area contributed by atoms with Crippen molar-refractivity contribution < 1.29 is 19.0 Å². The number of rotatable bonds is 11. The van der Waals surface area contributed by atoms with Crippen molar-refractivity contribution in [1.29, 1.82) is 0 Å². The summed E-state index contributed by atoms with van der Waals surface area (Å²) < 4.78 is 18.0. The number of ether oxygens (including phenoxy) is 3. The van der Waals surface area contributed by atoms with E-state index < -0.39 is 0 Å². The summed E-state index contributed by atoms with van der Waals surface area (Å²) in [6.45, 7) is 0. The van der Waals surface area contributed by atoms with Gasteiger partial charge in [0.15, 0.2) is 22.5 Å². The average Bonchev–Trinajstić information content (AvgIpc) is 3.40. The summed E-state index contributed by atoms with van der Waals surface area (Å²) >= 11 is 1.26. The van der Waals surface area contributed by atoms with Gasteiger partial charge in [-0.1, -0.05) is 48.2 Å². The molecule has 0 aliphatic carbocycles. The molecule has 0 radical (unpaired) electrons. The van der Waals surface area contributed by atoms with Crippen LogP contribution >= 0.6 is 11.8 Å². The minimum Gasteiger partial charge on any atom is -0.496 e. The fourth-order valence-electron chi connectivity index (χ4n) is 3.60. The van der Waals surface area contributed by atoms with Gasteiger partial charge in [-0.2, -0.15) is 5.10 Å². The summed E-state index contributed by atoms with van der Waals surface area (Å²) in [6.07, 6.45) is 5.09. The lowest BCUT2D eigenvalue weighted by molar-refractivity contribution is -0.118. The largest absolute Gasteiger partial charge is 0.496 e. The number of thioether (sulfide) groups is 1. The Labute approximate surface area is 225 Å². The van der Waals surface area contributed by atoms with Crippen LogP contribution < -0.4 is 19.6 Å². The average molecular weight is 530 g/mol. The van der Waals surface area contributed by atoms with Crippen LogP contribution in [0.2, 0.25) is 0 Å². The van der Waals surface area contributed by atoms with Crippen LogP contribution in [0.1, 0.15) is 5.56 Å². The van der Waals surface area contributed by atoms with E-state index in [1.165, 1.54) is 18.0 Å². The Hall–Kier alpha value is -4.57. The lowest BCUT2D eigenvalue weighted by atomic mass is 10.2. The van der Waals surface area contributed by atoms with E-state index in [9.17, 15) is 4.79 Å². The predicted octanol–water partition coefficient (Wildman–Crippen LogP) is 4.87. The Morgan fingerprint density at radius 1 is 0.921 bits per heavy atom. The monoisotopic (exact) mass is 529 g/mol. The molecule has 0 aliphatic heterocycles. The van der Waals surface area contributed by atoms with Crippen LogP contribution in [0.25, 0.3) is 23.2 Å². The SMILES string of the molecule is COc1ccccc1C=CC=NNC(=O)CSc1nnc(-c2ccc(OC)c(OC)c2)n1-c1ccccc1. The number of nitrogens with zero attached hydrogens (tertiary/aromatic N) is 4. The number of hydrogen-bond acceptors (Lipinski definition) is 8. The van der Waals surface area contributed by atoms with Crippen LogP contribution in [0, 0.1) is 0 Å². The number of benzene rings is 3. The molecule has 3 aromatic carbocycles. The van der Waals surface area contributed by atoms with E-state index in [1.807, 2.05) is 83.4 Å². The molecule has 4 rings (SSSR count). The van der Waals surface area contributed by atoms with Crippen molar-refractivity contribution in [3.63, 3.8) is 0 Å². The summed E-state index contributed by atoms with van der Waals surface area (Å²) in [5, 5.41) is 13.3. The van der Waals surface area contributed by atoms with Gasteiger partial charge >= 0.3 is 0 Å². The maximum atomic E-state index is 12.5. The molecule has 0 unspecified atom stereocenters. The topological polar surface area (TPSA) is 99.9 Å². The van der Waals surface area contributed by atoms with Crippen LogP contribution in [0.5, 0.6) is 17.2 Å². The Bertz CT molecular complexity index is 1440. The van der Waals surface area contributed by atoms with Crippen LogP contribution in [-0.4, -0.2) is 54.0 Å². The highest BCUT2D eigenvalue weighted by Crippen LogP contribution is 2.34. The quantitative estimate of drug-likeness (QED) is 0.168. The fraction of sp³-hybridized carbons (Fsp3) is 0.143. The molecule has 0 saturated carbocycles. The standard InChI is InChI=1S/C28H27N5O4S/c1-35-23-14-8-7-10-20(23)11-9-17-29-30-26(34)19-38-28-32-31-27(33(28)22-12-5-4-6-13-22)21-15-16-24(36-2)25(18-21)37-3/h4-18H,19H2,1-3H3,(H,30,34). The molecule has 1 amide bonds. The molecular formula is C28H27N5O4S. The second-order valence-corrected chi connectivity index (χ2v) is 8.69. The minimum atomic E-state index is -0.271. The van der Waals surface area contributed by atoms with Crippen LogP contribution in [0.3, 0.4) is 0 Å². The molecule has 0 aliphatic rings. The Morgan fingerprint density at radius 3 is 2.42 bits per heavy atom. The zero-order valence-electron chi connectivity index (χ0n) is 21.2. The van der Waals surface area contributed by atoms with E-state index in [-0.39, 0.29) is 11.7 Å². The smallest absolute Gasteiger partial charge is 0.250 e. The van der Waals surface area contributed by atoms with Crippen molar-refractivity contribution in [2.45, 2.75) is 5.16 Å². The van der Waals surface area contributed by atoms with E-state index >= 15 is 0 Å². The first kappa shape index (κ1) is 26.5. The molecular weight excluding hydrogens is 502 g/mol. The third-order valence-electron chi connectivity index (χ3n) is 5.39. The zero-order valence-corrected chi connectivity index (χ0v) is 22.0. The molecule has 0 saturated heterocycles. The maximum Gasteiger partial charge on any atom is 0.250 e. The predicted molar refractivity (Wildman–Crippen MR) is 149 cm³/mol. The summed E-state index contributed by atoms with van der Waals surface area (Å²) in [5.41, 5.74) is 5.10. The van der Waals surface area contributed by atoms with E-state index in [2.05, 4.69) is 20.7 Å². The molecule has 0 atom stereocenters. The fourth-order valence-corrected chi connectivity index (χ4v) is 4.35. The third kappa shape index (κ3) is 6.40. The van der Waals surface area contributed by atoms with Gasteiger partial charge in [-0.05, 0) is 48.6 Å². The van der Waals surface area contributed by atoms with E-state index in [4.69, 9.17) is 14.2 Å². The summed E-state index contributed by atoms with van der Waals surface area (Å²) in [5.74, 6) is 2.40. The van der Waals surface area contributed by atoms with Crippen LogP contribution in [-0.2, 0) is 4.79 Å². The number of nitrogens with one attached hydrogen (secondary N) is 1. The van der Waals surface area contributed by atoms with Crippen molar-refractivity contribution >= 4 is 30.0 Å². The first-order valence-electron chi connectivity index (χ1n) is 11.6. The second kappa shape index (κ2) is 13.1. The van der Waals surface area contributed by atoms with Gasteiger partial charge in [0.1, 0.15) is 5.75 Å². The highest BCUT2D eigenvalue weighted by atomic mass is 32.2. The number of carbonyl (C=O) groups excluding carboxylic acids is 1. The van der Waals surface area contributed by atoms with Gasteiger partial charge in [-0.15, -0.1) is 10.2 Å². The number of methoxy groups -OCH3 is 3. The molecule has 194 valence electrons. The lowest BCUT2D eigenvalue weighted by Crippen LogP contribution is -2.19. The van der Waals surface area contributed by atoms with Gasteiger partial charge in [-0.3, -0.25) is 9.36 Å². The van der Waals surface area contributed by atoms with Crippen molar-refractivity contribution in [3.8, 4) is 34.3 Å². The van der Waals surface area contributed by atoms with E-state index in [1.54, 1.807) is 27.4 Å². The molecule has 1 heterocycles. The van der Waals surface area contributed by atoms with Crippen molar-refractivity contribution in [1.82, 2.24) is 20.2 Å². The Morgan fingerprint density at radius 2 is 1.66 bits per heavy atom. The highest BCUT2D eigenvalue weighted by molar-refractivity contribution is 7.99. The van der Waals surface area contributed by atoms with Crippen LogP contribution in [0.15, 0.2) is 89.1 Å².